The van der Waals surface area contributed by atoms with Crippen LogP contribution in [0, 0.1) is 11.2 Å². The maximum absolute atomic E-state index is 17.1. The zero-order valence-corrected chi connectivity index (χ0v) is 34.5. The van der Waals surface area contributed by atoms with Gasteiger partial charge in [0.05, 0.1) is 18.2 Å². The summed E-state index contributed by atoms with van der Waals surface area (Å²) in [5.41, 5.74) is -0.162. The maximum atomic E-state index is 17.1. The number of rotatable bonds is 8. The molecule has 10 nitrogen and oxygen atoms in total. The fourth-order valence-electron chi connectivity index (χ4n) is 11.1. The average Bonchev–Trinajstić information content (AvgIpc) is 3.94. The number of anilines is 1. The van der Waals surface area contributed by atoms with Gasteiger partial charge in [-0.1, -0.05) is 104 Å². The number of halogens is 3. The number of hydrogen-bond donors (Lipinski definition) is 3. The molecule has 2 amide bonds. The Labute approximate surface area is 352 Å². The van der Waals surface area contributed by atoms with Gasteiger partial charge in [-0.05, 0) is 97.2 Å². The molecule has 5 aromatic rings. The lowest BCUT2D eigenvalue weighted by atomic mass is 9.53. The molecule has 9 rings (SSSR count). The molecule has 2 saturated carbocycles. The average molecular weight is 838 g/mol. The SMILES string of the molecule is CC1(C)CCC2(CC1)N([C@H](c1ccccc1)[C@@H](O)c1ccccc1)[C@@H](C(=O)NC1CCC(c3nnco3)CC1)[C@H](c1ccnc(Cl)c1F)C21C(=O)Nc2cc(Cl)ccc21. The summed E-state index contributed by atoms with van der Waals surface area (Å²) in [6.07, 6.45) is 6.67. The number of aliphatic hydroxyl groups excluding tert-OH is 1. The van der Waals surface area contributed by atoms with Crippen LogP contribution in [0.25, 0.3) is 0 Å². The molecule has 2 aliphatic carbocycles. The van der Waals surface area contributed by atoms with Gasteiger partial charge in [0, 0.05) is 40.3 Å². The first-order valence-corrected chi connectivity index (χ1v) is 21.2. The van der Waals surface area contributed by atoms with Crippen LogP contribution in [0.4, 0.5) is 10.1 Å². The van der Waals surface area contributed by atoms with E-state index in [2.05, 4.69) is 44.6 Å². The highest BCUT2D eigenvalue weighted by molar-refractivity contribution is 6.31. The minimum atomic E-state index is -1.56. The summed E-state index contributed by atoms with van der Waals surface area (Å²) in [5.74, 6) is -1.98. The quantitative estimate of drug-likeness (QED) is 0.132. The molecule has 13 heteroatoms. The summed E-state index contributed by atoms with van der Waals surface area (Å²) in [6.45, 7) is 4.44. The molecule has 2 aromatic heterocycles. The second-order valence-corrected chi connectivity index (χ2v) is 18.3. The third-order valence-corrected chi connectivity index (χ3v) is 14.4. The van der Waals surface area contributed by atoms with Gasteiger partial charge in [-0.2, -0.15) is 0 Å². The highest BCUT2D eigenvalue weighted by Crippen LogP contribution is 2.70. The van der Waals surface area contributed by atoms with E-state index in [9.17, 15) is 5.11 Å². The number of nitrogens with one attached hydrogen (secondary N) is 2. The summed E-state index contributed by atoms with van der Waals surface area (Å²) >= 11 is 13.2. The van der Waals surface area contributed by atoms with Crippen LogP contribution in [0.3, 0.4) is 0 Å². The van der Waals surface area contributed by atoms with Crippen LogP contribution in [-0.4, -0.2) is 54.6 Å². The number of carbonyl (C=O) groups excluding carboxylic acids is 2. The van der Waals surface area contributed by atoms with Crippen LogP contribution in [0.5, 0.6) is 0 Å². The number of nitrogens with zero attached hydrogens (tertiary/aromatic N) is 4. The van der Waals surface area contributed by atoms with Crippen molar-refractivity contribution < 1.29 is 23.5 Å². The van der Waals surface area contributed by atoms with Crippen molar-refractivity contribution in [3.05, 3.63) is 142 Å². The van der Waals surface area contributed by atoms with E-state index in [1.165, 1.54) is 12.6 Å². The molecule has 4 heterocycles. The monoisotopic (exact) mass is 836 g/mol. The first-order valence-electron chi connectivity index (χ1n) is 20.5. The minimum absolute atomic E-state index is 0.0700. The highest BCUT2D eigenvalue weighted by atomic mass is 35.5. The van der Waals surface area contributed by atoms with Gasteiger partial charge in [0.2, 0.25) is 24.1 Å². The summed E-state index contributed by atoms with van der Waals surface area (Å²) in [7, 11) is 0. The summed E-state index contributed by atoms with van der Waals surface area (Å²) in [4.78, 5) is 37.8. The van der Waals surface area contributed by atoms with Gasteiger partial charge in [-0.15, -0.1) is 10.2 Å². The number of amides is 2. The van der Waals surface area contributed by atoms with Crippen LogP contribution in [0.1, 0.15) is 117 Å². The Hall–Kier alpha value is -4.68. The normalized spacial score (nSPS) is 27.0. The molecule has 1 unspecified atom stereocenters. The molecular weight excluding hydrogens is 790 g/mol. The molecule has 59 heavy (non-hydrogen) atoms. The molecule has 3 fully saturated rings. The zero-order valence-electron chi connectivity index (χ0n) is 33.0. The predicted molar refractivity (Wildman–Crippen MR) is 222 cm³/mol. The largest absolute Gasteiger partial charge is 0.428 e. The van der Waals surface area contributed by atoms with E-state index in [4.69, 9.17) is 27.6 Å². The molecule has 306 valence electrons. The summed E-state index contributed by atoms with van der Waals surface area (Å²) in [5, 5.41) is 27.6. The second-order valence-electron chi connectivity index (χ2n) is 17.5. The number of pyridine rings is 1. The van der Waals surface area contributed by atoms with Gasteiger partial charge < -0.3 is 20.2 Å². The van der Waals surface area contributed by atoms with Crippen molar-refractivity contribution in [2.24, 2.45) is 5.41 Å². The lowest BCUT2D eigenvalue weighted by molar-refractivity contribution is -0.137. The third kappa shape index (κ3) is 6.56. The smallest absolute Gasteiger partial charge is 0.238 e. The lowest BCUT2D eigenvalue weighted by Crippen LogP contribution is -2.64. The standard InChI is InChI=1S/C46H47Cl2FN6O4/c1-44(2)20-22-45(23-21-44)46(33-18-15-30(47)25-34(33)53-43(46)58)35(32-19-24-50-40(48)36(32)49)38(41(57)52-31-16-13-29(14-17-31)42-54-51-26-59-42)55(45)37(27-9-5-3-6-10-27)39(56)28-11-7-4-8-12-28/h3-12,15,18-19,24-26,29,31,35,37-39,56H,13-14,16-17,20-23H2,1-2H3,(H,52,57)(H,53,58)/t29?,31?,35-,37+,38+,39-,46?/m0/s1. The molecule has 5 atom stereocenters. The Balaban J connectivity index is 1.31. The Morgan fingerprint density at radius 3 is 2.29 bits per heavy atom. The Kier molecular flexibility index (Phi) is 10.4. The van der Waals surface area contributed by atoms with Gasteiger partial charge in [-0.25, -0.2) is 9.37 Å². The fourth-order valence-corrected chi connectivity index (χ4v) is 11.5. The number of fused-ring (bicyclic) bond motifs is 3. The number of hydrogen-bond acceptors (Lipinski definition) is 8. The first kappa shape index (κ1) is 39.8. The van der Waals surface area contributed by atoms with Crippen molar-refractivity contribution in [2.75, 3.05) is 5.32 Å². The number of aliphatic hydroxyl groups is 1. The van der Waals surface area contributed by atoms with Gasteiger partial charge in [0.15, 0.2) is 11.0 Å². The number of carbonyl (C=O) groups is 2. The topological polar surface area (TPSA) is 133 Å². The van der Waals surface area contributed by atoms with Crippen LogP contribution in [0.15, 0.2) is 102 Å². The Morgan fingerprint density at radius 1 is 0.949 bits per heavy atom. The van der Waals surface area contributed by atoms with Gasteiger partial charge >= 0.3 is 0 Å². The van der Waals surface area contributed by atoms with E-state index in [1.54, 1.807) is 18.2 Å². The summed E-state index contributed by atoms with van der Waals surface area (Å²) < 4.78 is 22.7. The van der Waals surface area contributed by atoms with Crippen molar-refractivity contribution >= 4 is 40.7 Å². The van der Waals surface area contributed by atoms with E-state index >= 15 is 14.0 Å². The van der Waals surface area contributed by atoms with Crippen LogP contribution >= 0.6 is 23.2 Å². The van der Waals surface area contributed by atoms with Crippen molar-refractivity contribution in [1.29, 1.82) is 0 Å². The first-order chi connectivity index (χ1) is 28.4. The van der Waals surface area contributed by atoms with Gasteiger partial charge in [0.25, 0.3) is 0 Å². The second kappa shape index (κ2) is 15.4. The third-order valence-electron chi connectivity index (χ3n) is 13.9. The van der Waals surface area contributed by atoms with Crippen LogP contribution in [-0.2, 0) is 15.0 Å². The minimum Gasteiger partial charge on any atom is -0.428 e. The molecule has 0 radical (unpaired) electrons. The van der Waals surface area contributed by atoms with E-state index in [1.807, 2.05) is 66.7 Å². The molecule has 3 N–H and O–H groups in total. The van der Waals surface area contributed by atoms with Gasteiger partial charge in [-0.3, -0.25) is 14.5 Å². The molecule has 1 saturated heterocycles. The van der Waals surface area contributed by atoms with E-state index < -0.39 is 40.9 Å². The van der Waals surface area contributed by atoms with Crippen LogP contribution < -0.4 is 10.6 Å². The molecule has 3 aromatic carbocycles. The number of aromatic nitrogens is 3. The maximum Gasteiger partial charge on any atom is 0.238 e. The van der Waals surface area contributed by atoms with Crippen molar-refractivity contribution in [3.63, 3.8) is 0 Å². The number of likely N-dealkylation sites (tertiary alicyclic amines) is 1. The van der Waals surface area contributed by atoms with E-state index in [-0.39, 0.29) is 39.9 Å². The van der Waals surface area contributed by atoms with Crippen molar-refractivity contribution in [2.45, 2.75) is 112 Å². The van der Waals surface area contributed by atoms with Gasteiger partial charge in [0.1, 0.15) is 5.41 Å². The molecule has 2 aliphatic heterocycles. The molecule has 4 aliphatic rings. The molecule has 2 spiro atoms. The molecule has 0 bridgehead atoms. The fraction of sp³-hybridized carbons (Fsp3) is 0.413. The van der Waals surface area contributed by atoms with Crippen molar-refractivity contribution in [3.8, 4) is 0 Å². The highest BCUT2D eigenvalue weighted by Gasteiger charge is 2.77. The van der Waals surface area contributed by atoms with Crippen molar-refractivity contribution in [1.82, 2.24) is 25.4 Å². The zero-order chi connectivity index (χ0) is 41.1. The Morgan fingerprint density at radius 2 is 1.63 bits per heavy atom. The lowest BCUT2D eigenvalue weighted by Gasteiger charge is -2.56. The van der Waals surface area contributed by atoms with E-state index in [0.29, 0.717) is 66.3 Å². The molecular formula is C46H47Cl2FN6O4. The summed E-state index contributed by atoms with van der Waals surface area (Å²) in [6, 6.07) is 23.7. The Bertz CT molecular complexity index is 2330. The predicted octanol–water partition coefficient (Wildman–Crippen LogP) is 9.22. The number of benzene rings is 3. The van der Waals surface area contributed by atoms with Crippen LogP contribution in [0.2, 0.25) is 10.2 Å². The van der Waals surface area contributed by atoms with E-state index in [0.717, 1.165) is 18.4 Å².